The summed E-state index contributed by atoms with van der Waals surface area (Å²) >= 11 is 0. The number of hydrogen-bond acceptors (Lipinski definition) is 4. The number of morpholine rings is 1. The van der Waals surface area contributed by atoms with E-state index in [-0.39, 0.29) is 18.6 Å². The quantitative estimate of drug-likeness (QED) is 0.904. The second kappa shape index (κ2) is 7.97. The van der Waals surface area contributed by atoms with Gasteiger partial charge in [-0.05, 0) is 30.5 Å². The molecule has 1 aliphatic rings. The maximum atomic E-state index is 12.1. The Morgan fingerprint density at radius 2 is 2.09 bits per heavy atom. The van der Waals surface area contributed by atoms with Gasteiger partial charge in [-0.25, -0.2) is 4.79 Å². The fourth-order valence-corrected chi connectivity index (χ4v) is 2.42. The lowest BCUT2D eigenvalue weighted by molar-refractivity contribution is -0.129. The van der Waals surface area contributed by atoms with Gasteiger partial charge in [0.2, 0.25) is 0 Å². The van der Waals surface area contributed by atoms with E-state index in [1.807, 2.05) is 24.3 Å². The number of ether oxygens (including phenoxy) is 2. The lowest BCUT2D eigenvalue weighted by Crippen LogP contribution is -2.50. The van der Waals surface area contributed by atoms with Crippen LogP contribution in [-0.2, 0) is 14.3 Å². The fraction of sp³-hybridized carbons (Fsp3) is 0.529. The predicted molar refractivity (Wildman–Crippen MR) is 87.6 cm³/mol. The van der Waals surface area contributed by atoms with Gasteiger partial charge >= 0.3 is 6.09 Å². The number of alkyl carbamates (subject to hydrolysis) is 1. The monoisotopic (exact) mass is 320 g/mol. The summed E-state index contributed by atoms with van der Waals surface area (Å²) in [7, 11) is 0. The van der Waals surface area contributed by atoms with E-state index in [1.165, 1.54) is 5.56 Å². The van der Waals surface area contributed by atoms with Gasteiger partial charge in [0.15, 0.2) is 0 Å². The molecule has 126 valence electrons. The van der Waals surface area contributed by atoms with Crippen molar-refractivity contribution in [3.8, 4) is 0 Å². The van der Waals surface area contributed by atoms with Crippen LogP contribution in [0.1, 0.15) is 32.3 Å². The Morgan fingerprint density at radius 3 is 2.70 bits per heavy atom. The van der Waals surface area contributed by atoms with Gasteiger partial charge in [0.05, 0.1) is 19.3 Å². The molecule has 1 fully saturated rings. The van der Waals surface area contributed by atoms with Crippen LogP contribution in [0.25, 0.3) is 0 Å². The van der Waals surface area contributed by atoms with Crippen molar-refractivity contribution in [2.24, 2.45) is 0 Å². The number of amides is 2. The van der Waals surface area contributed by atoms with Crippen LogP contribution in [0.2, 0.25) is 0 Å². The van der Waals surface area contributed by atoms with Gasteiger partial charge in [0, 0.05) is 12.2 Å². The second-order valence-corrected chi connectivity index (χ2v) is 5.78. The molecule has 2 amide bonds. The van der Waals surface area contributed by atoms with Crippen molar-refractivity contribution in [3.05, 3.63) is 29.8 Å². The normalized spacial score (nSPS) is 18.2. The van der Waals surface area contributed by atoms with Crippen LogP contribution in [-0.4, -0.2) is 44.4 Å². The lowest BCUT2D eigenvalue weighted by atomic mass is 10.0. The Balaban J connectivity index is 1.97. The molecule has 1 aliphatic heterocycles. The minimum atomic E-state index is -0.471. The van der Waals surface area contributed by atoms with Gasteiger partial charge in [-0.15, -0.1) is 0 Å². The number of carbonyl (C=O) groups is 2. The molecule has 1 heterocycles. The highest BCUT2D eigenvalue weighted by molar-refractivity contribution is 5.95. The molecule has 6 nitrogen and oxygen atoms in total. The van der Waals surface area contributed by atoms with Crippen LogP contribution in [0.4, 0.5) is 10.5 Å². The van der Waals surface area contributed by atoms with Crippen molar-refractivity contribution in [3.63, 3.8) is 0 Å². The Kier molecular flexibility index (Phi) is 5.98. The molecular formula is C17H24N2O4. The van der Waals surface area contributed by atoms with Crippen LogP contribution in [0.5, 0.6) is 0 Å². The number of rotatable bonds is 5. The summed E-state index contributed by atoms with van der Waals surface area (Å²) in [4.78, 5) is 25.1. The van der Waals surface area contributed by atoms with E-state index in [2.05, 4.69) is 19.2 Å². The van der Waals surface area contributed by atoms with Gasteiger partial charge < -0.3 is 19.7 Å². The van der Waals surface area contributed by atoms with Crippen molar-refractivity contribution in [2.45, 2.75) is 32.8 Å². The van der Waals surface area contributed by atoms with Gasteiger partial charge in [0.25, 0.3) is 5.91 Å². The number of nitrogens with zero attached hydrogens (tertiary/aromatic N) is 1. The van der Waals surface area contributed by atoms with Crippen molar-refractivity contribution in [2.75, 3.05) is 31.2 Å². The number of anilines is 1. The molecule has 1 saturated heterocycles. The average molecular weight is 320 g/mol. The van der Waals surface area contributed by atoms with E-state index in [0.717, 1.165) is 5.69 Å². The van der Waals surface area contributed by atoms with E-state index in [9.17, 15) is 9.59 Å². The molecule has 1 aromatic rings. The Bertz CT molecular complexity index is 542. The van der Waals surface area contributed by atoms with Gasteiger partial charge in [0.1, 0.15) is 6.61 Å². The first-order chi connectivity index (χ1) is 11.0. The predicted octanol–water partition coefficient (Wildman–Crippen LogP) is 2.29. The highest BCUT2D eigenvalue weighted by Gasteiger charge is 2.27. The first kappa shape index (κ1) is 17.3. The first-order valence-corrected chi connectivity index (χ1v) is 7.93. The van der Waals surface area contributed by atoms with E-state index >= 15 is 0 Å². The number of benzene rings is 1. The SMILES string of the molecule is CCOC(=O)NCC1CN(c2ccc(C(C)C)cc2)C(=O)CO1. The van der Waals surface area contributed by atoms with E-state index in [0.29, 0.717) is 25.6 Å². The van der Waals surface area contributed by atoms with Crippen LogP contribution >= 0.6 is 0 Å². The van der Waals surface area contributed by atoms with E-state index < -0.39 is 6.09 Å². The highest BCUT2D eigenvalue weighted by atomic mass is 16.5. The molecule has 0 radical (unpaired) electrons. The third-order valence-corrected chi connectivity index (χ3v) is 3.75. The lowest BCUT2D eigenvalue weighted by Gasteiger charge is -2.33. The van der Waals surface area contributed by atoms with Crippen LogP contribution in [0, 0.1) is 0 Å². The molecule has 1 N–H and O–H groups in total. The van der Waals surface area contributed by atoms with Crippen molar-refractivity contribution in [1.29, 1.82) is 0 Å². The molecule has 1 unspecified atom stereocenters. The van der Waals surface area contributed by atoms with Crippen molar-refractivity contribution in [1.82, 2.24) is 5.32 Å². The third kappa shape index (κ3) is 4.69. The zero-order chi connectivity index (χ0) is 16.8. The van der Waals surface area contributed by atoms with E-state index in [1.54, 1.807) is 11.8 Å². The standard InChI is InChI=1S/C17H24N2O4/c1-4-22-17(21)18-9-15-10-19(16(20)11-23-15)14-7-5-13(6-8-14)12(2)3/h5-8,12,15H,4,9-11H2,1-3H3,(H,18,21). The molecular weight excluding hydrogens is 296 g/mol. The van der Waals surface area contributed by atoms with Gasteiger partial charge in [-0.1, -0.05) is 26.0 Å². The third-order valence-electron chi connectivity index (χ3n) is 3.75. The first-order valence-electron chi connectivity index (χ1n) is 7.93. The smallest absolute Gasteiger partial charge is 0.407 e. The molecule has 0 aromatic heterocycles. The summed E-state index contributed by atoms with van der Waals surface area (Å²) in [5.74, 6) is 0.376. The topological polar surface area (TPSA) is 67.9 Å². The molecule has 0 aliphatic carbocycles. The van der Waals surface area contributed by atoms with Gasteiger partial charge in [-0.2, -0.15) is 0 Å². The van der Waals surface area contributed by atoms with Gasteiger partial charge in [-0.3, -0.25) is 4.79 Å². The number of hydrogen-bond donors (Lipinski definition) is 1. The molecule has 6 heteroatoms. The minimum absolute atomic E-state index is 0.0150. The summed E-state index contributed by atoms with van der Waals surface area (Å²) in [5, 5.41) is 2.64. The summed E-state index contributed by atoms with van der Waals surface area (Å²) in [6.45, 7) is 7.07. The Morgan fingerprint density at radius 1 is 1.39 bits per heavy atom. The molecule has 0 spiro atoms. The maximum Gasteiger partial charge on any atom is 0.407 e. The Labute approximate surface area is 136 Å². The zero-order valence-electron chi connectivity index (χ0n) is 13.9. The molecule has 1 aromatic carbocycles. The maximum absolute atomic E-state index is 12.1. The van der Waals surface area contributed by atoms with Crippen LogP contribution in [0.15, 0.2) is 24.3 Å². The van der Waals surface area contributed by atoms with Crippen molar-refractivity contribution < 1.29 is 19.1 Å². The average Bonchev–Trinajstić information content (AvgIpc) is 2.54. The summed E-state index contributed by atoms with van der Waals surface area (Å²) in [5.41, 5.74) is 2.08. The van der Waals surface area contributed by atoms with Crippen LogP contribution < -0.4 is 10.2 Å². The zero-order valence-corrected chi connectivity index (χ0v) is 13.9. The minimum Gasteiger partial charge on any atom is -0.450 e. The second-order valence-electron chi connectivity index (χ2n) is 5.78. The number of nitrogens with one attached hydrogen (secondary N) is 1. The molecule has 1 atom stereocenters. The summed E-state index contributed by atoms with van der Waals surface area (Å²) in [6, 6.07) is 7.98. The summed E-state index contributed by atoms with van der Waals surface area (Å²) in [6.07, 6.45) is -0.720. The highest BCUT2D eigenvalue weighted by Crippen LogP contribution is 2.22. The number of carbonyl (C=O) groups excluding carboxylic acids is 2. The molecule has 2 rings (SSSR count). The Hall–Kier alpha value is -2.08. The van der Waals surface area contributed by atoms with Crippen LogP contribution in [0.3, 0.4) is 0 Å². The molecule has 0 bridgehead atoms. The molecule has 23 heavy (non-hydrogen) atoms. The van der Waals surface area contributed by atoms with Crippen molar-refractivity contribution >= 4 is 17.7 Å². The fourth-order valence-electron chi connectivity index (χ4n) is 2.42. The largest absolute Gasteiger partial charge is 0.450 e. The molecule has 0 saturated carbocycles. The summed E-state index contributed by atoms with van der Waals surface area (Å²) < 4.78 is 10.3. The van der Waals surface area contributed by atoms with E-state index in [4.69, 9.17) is 9.47 Å².